The van der Waals surface area contributed by atoms with Crippen LogP contribution in [0.15, 0.2) is 65.6 Å². The summed E-state index contributed by atoms with van der Waals surface area (Å²) in [5.41, 5.74) is 0.687. The van der Waals surface area contributed by atoms with Crippen LogP contribution in [0, 0.1) is 0 Å². The highest BCUT2D eigenvalue weighted by atomic mass is 32.2. The van der Waals surface area contributed by atoms with Gasteiger partial charge in [-0.3, -0.25) is 4.79 Å². The Kier molecular flexibility index (Phi) is 5.02. The summed E-state index contributed by atoms with van der Waals surface area (Å²) in [6.07, 6.45) is 3.22. The molecule has 1 saturated heterocycles. The van der Waals surface area contributed by atoms with E-state index in [1.54, 1.807) is 28.6 Å². The van der Waals surface area contributed by atoms with Crippen molar-refractivity contribution < 1.29 is 13.2 Å². The van der Waals surface area contributed by atoms with Gasteiger partial charge in [-0.25, -0.2) is 8.42 Å². The molecule has 2 aromatic rings. The predicted octanol–water partition coefficient (Wildman–Crippen LogP) is 3.14. The van der Waals surface area contributed by atoms with E-state index in [9.17, 15) is 13.2 Å². The van der Waals surface area contributed by atoms with Crippen LogP contribution in [-0.4, -0.2) is 48.7 Å². The summed E-state index contributed by atoms with van der Waals surface area (Å²) in [7, 11) is -3.50. The highest BCUT2D eigenvalue weighted by molar-refractivity contribution is 7.89. The molecule has 0 atom stereocenters. The van der Waals surface area contributed by atoms with Gasteiger partial charge in [0, 0.05) is 30.7 Å². The smallest absolute Gasteiger partial charge is 0.253 e. The highest BCUT2D eigenvalue weighted by Crippen LogP contribution is 2.36. The van der Waals surface area contributed by atoms with Gasteiger partial charge >= 0.3 is 0 Å². The molecule has 1 amide bonds. The number of hydrogen-bond acceptors (Lipinski definition) is 3. The fourth-order valence-electron chi connectivity index (χ4n) is 3.82. The number of carbonyl (C=O) groups excluding carboxylic acids is 1. The van der Waals surface area contributed by atoms with Crippen LogP contribution in [0.1, 0.15) is 36.0 Å². The van der Waals surface area contributed by atoms with E-state index in [1.165, 1.54) is 0 Å². The molecule has 4 rings (SSSR count). The summed E-state index contributed by atoms with van der Waals surface area (Å²) in [4.78, 5) is 14.8. The van der Waals surface area contributed by atoms with Crippen molar-refractivity contribution in [1.82, 2.24) is 9.21 Å². The Balaban J connectivity index is 1.48. The van der Waals surface area contributed by atoms with E-state index in [1.807, 2.05) is 41.3 Å². The van der Waals surface area contributed by atoms with Gasteiger partial charge < -0.3 is 4.90 Å². The lowest BCUT2D eigenvalue weighted by molar-refractivity contribution is 0.0676. The van der Waals surface area contributed by atoms with Crippen LogP contribution in [-0.2, 0) is 10.0 Å². The van der Waals surface area contributed by atoms with E-state index in [2.05, 4.69) is 0 Å². The normalized spacial score (nSPS) is 18.6. The Morgan fingerprint density at radius 3 is 1.89 bits per heavy atom. The molecule has 27 heavy (non-hydrogen) atoms. The number of likely N-dealkylation sites (tertiary alicyclic amines) is 1. The van der Waals surface area contributed by atoms with E-state index in [0.717, 1.165) is 12.8 Å². The third-order valence-electron chi connectivity index (χ3n) is 5.36. The molecule has 1 saturated carbocycles. The topological polar surface area (TPSA) is 57.7 Å². The zero-order chi connectivity index (χ0) is 18.9. The molecule has 0 spiro atoms. The zero-order valence-electron chi connectivity index (χ0n) is 15.2. The van der Waals surface area contributed by atoms with Crippen LogP contribution in [0.5, 0.6) is 0 Å². The molecule has 2 aromatic carbocycles. The monoisotopic (exact) mass is 384 g/mol. The first-order valence-electron chi connectivity index (χ1n) is 9.50. The number of carbonyl (C=O) groups is 1. The minimum atomic E-state index is -3.50. The van der Waals surface area contributed by atoms with Crippen molar-refractivity contribution in [3.8, 4) is 0 Å². The number of sulfonamides is 1. The maximum absolute atomic E-state index is 13.2. The summed E-state index contributed by atoms with van der Waals surface area (Å²) in [6.45, 7) is 1.18. The average molecular weight is 385 g/mol. The van der Waals surface area contributed by atoms with E-state index >= 15 is 0 Å². The molecule has 0 unspecified atom stereocenters. The summed E-state index contributed by atoms with van der Waals surface area (Å²) in [5.74, 6) is 0.0259. The first-order chi connectivity index (χ1) is 13.1. The molecule has 2 aliphatic rings. The number of piperidine rings is 1. The number of amides is 1. The van der Waals surface area contributed by atoms with Gasteiger partial charge in [0.25, 0.3) is 5.91 Å². The molecule has 142 valence electrons. The SMILES string of the molecule is O=C(c1ccccc1)N1CCC(N(C2CC2)S(=O)(=O)c2ccccc2)CC1. The van der Waals surface area contributed by atoms with Crippen LogP contribution >= 0.6 is 0 Å². The third kappa shape index (κ3) is 3.77. The lowest BCUT2D eigenvalue weighted by Crippen LogP contribution is -2.49. The summed E-state index contributed by atoms with van der Waals surface area (Å²) in [6, 6.07) is 18.0. The molecule has 0 N–H and O–H groups in total. The molecule has 0 radical (unpaired) electrons. The second-order valence-corrected chi connectivity index (χ2v) is 9.11. The summed E-state index contributed by atoms with van der Waals surface area (Å²) >= 11 is 0. The number of rotatable bonds is 5. The molecule has 6 heteroatoms. The lowest BCUT2D eigenvalue weighted by atomic mass is 10.0. The molecule has 2 fully saturated rings. The molecule has 5 nitrogen and oxygen atoms in total. The first-order valence-corrected chi connectivity index (χ1v) is 10.9. The van der Waals surface area contributed by atoms with E-state index in [-0.39, 0.29) is 18.0 Å². The fraction of sp³-hybridized carbons (Fsp3) is 0.381. The number of hydrogen-bond donors (Lipinski definition) is 0. The molecular formula is C21H24N2O3S. The Morgan fingerprint density at radius 1 is 0.815 bits per heavy atom. The van der Waals surface area contributed by atoms with Crippen molar-refractivity contribution in [3.63, 3.8) is 0 Å². The van der Waals surface area contributed by atoms with E-state index in [4.69, 9.17) is 0 Å². The molecular weight excluding hydrogens is 360 g/mol. The van der Waals surface area contributed by atoms with Crippen molar-refractivity contribution in [2.75, 3.05) is 13.1 Å². The highest BCUT2D eigenvalue weighted by Gasteiger charge is 2.43. The van der Waals surface area contributed by atoms with Crippen molar-refractivity contribution in [3.05, 3.63) is 66.2 Å². The third-order valence-corrected chi connectivity index (χ3v) is 7.38. The Labute approximate surface area is 160 Å². The van der Waals surface area contributed by atoms with Gasteiger partial charge in [0.1, 0.15) is 0 Å². The van der Waals surface area contributed by atoms with Crippen molar-refractivity contribution in [2.45, 2.75) is 42.7 Å². The second kappa shape index (κ2) is 7.44. The maximum atomic E-state index is 13.2. The molecule has 0 aromatic heterocycles. The second-order valence-electron chi connectivity index (χ2n) is 7.27. The van der Waals surface area contributed by atoms with Crippen LogP contribution < -0.4 is 0 Å². The van der Waals surface area contributed by atoms with Gasteiger partial charge in [-0.15, -0.1) is 0 Å². The molecule has 1 heterocycles. The van der Waals surface area contributed by atoms with Crippen LogP contribution in [0.2, 0.25) is 0 Å². The quantitative estimate of drug-likeness (QED) is 0.796. The van der Waals surface area contributed by atoms with E-state index < -0.39 is 10.0 Å². The van der Waals surface area contributed by atoms with Crippen molar-refractivity contribution in [2.24, 2.45) is 0 Å². The largest absolute Gasteiger partial charge is 0.339 e. The fourth-order valence-corrected chi connectivity index (χ4v) is 5.77. The van der Waals surface area contributed by atoms with Crippen LogP contribution in [0.25, 0.3) is 0 Å². The van der Waals surface area contributed by atoms with Gasteiger partial charge in [0.2, 0.25) is 10.0 Å². The predicted molar refractivity (Wildman–Crippen MR) is 104 cm³/mol. The Morgan fingerprint density at radius 2 is 1.33 bits per heavy atom. The minimum absolute atomic E-state index is 0.0259. The van der Waals surface area contributed by atoms with Crippen LogP contribution in [0.3, 0.4) is 0 Å². The van der Waals surface area contributed by atoms with Crippen LogP contribution in [0.4, 0.5) is 0 Å². The molecule has 1 aliphatic carbocycles. The number of nitrogens with zero attached hydrogens (tertiary/aromatic N) is 2. The van der Waals surface area contributed by atoms with Crippen molar-refractivity contribution in [1.29, 1.82) is 0 Å². The van der Waals surface area contributed by atoms with Gasteiger partial charge in [-0.05, 0) is 49.9 Å². The first kappa shape index (κ1) is 18.2. The minimum Gasteiger partial charge on any atom is -0.339 e. The maximum Gasteiger partial charge on any atom is 0.253 e. The van der Waals surface area contributed by atoms with Gasteiger partial charge in [0.05, 0.1) is 4.90 Å². The zero-order valence-corrected chi connectivity index (χ0v) is 16.0. The van der Waals surface area contributed by atoms with Gasteiger partial charge in [-0.2, -0.15) is 4.31 Å². The van der Waals surface area contributed by atoms with E-state index in [0.29, 0.717) is 36.4 Å². The summed E-state index contributed by atoms with van der Waals surface area (Å²) in [5, 5.41) is 0. The molecule has 1 aliphatic heterocycles. The average Bonchev–Trinajstić information content (AvgIpc) is 3.54. The Bertz CT molecular complexity index is 888. The number of benzene rings is 2. The van der Waals surface area contributed by atoms with Gasteiger partial charge in [0.15, 0.2) is 0 Å². The van der Waals surface area contributed by atoms with Gasteiger partial charge in [-0.1, -0.05) is 36.4 Å². The lowest BCUT2D eigenvalue weighted by Gasteiger charge is -2.38. The standard InChI is InChI=1S/C21H24N2O3S/c24-21(17-7-3-1-4-8-17)22-15-13-19(14-16-22)23(18-11-12-18)27(25,26)20-9-5-2-6-10-20/h1-10,18-19H,11-16H2. The summed E-state index contributed by atoms with van der Waals surface area (Å²) < 4.78 is 28.1. The van der Waals surface area contributed by atoms with Crippen molar-refractivity contribution >= 4 is 15.9 Å². The Hall–Kier alpha value is -2.18. The molecule has 0 bridgehead atoms.